The van der Waals surface area contributed by atoms with Gasteiger partial charge in [-0.05, 0) is 37.8 Å². The first kappa shape index (κ1) is 18.6. The van der Waals surface area contributed by atoms with E-state index >= 15 is 0 Å². The molecule has 1 aromatic heterocycles. The number of hydrogen-bond acceptors (Lipinski definition) is 7. The Hall–Kier alpha value is -2.77. The van der Waals surface area contributed by atoms with Crippen molar-refractivity contribution in [3.63, 3.8) is 0 Å². The Balaban J connectivity index is 1.44. The molecule has 0 N–H and O–H groups in total. The monoisotopic (exact) mass is 387 g/mol. The molecule has 1 aliphatic carbocycles. The van der Waals surface area contributed by atoms with E-state index in [1.807, 2.05) is 4.90 Å². The molecule has 150 valence electrons. The number of carbonyl (C=O) groups is 1. The van der Waals surface area contributed by atoms with Gasteiger partial charge in [-0.3, -0.25) is 4.79 Å². The van der Waals surface area contributed by atoms with Crippen LogP contribution in [0, 0.1) is 0 Å². The Morgan fingerprint density at radius 3 is 1.93 bits per heavy atom. The number of amides is 1. The predicted octanol–water partition coefficient (Wildman–Crippen LogP) is 2.99. The van der Waals surface area contributed by atoms with E-state index in [0.29, 0.717) is 47.7 Å². The number of hydrogen-bond donors (Lipinski definition) is 0. The summed E-state index contributed by atoms with van der Waals surface area (Å²) in [7, 11) is 4.62. The zero-order valence-electron chi connectivity index (χ0n) is 16.4. The topological polar surface area (TPSA) is 86.9 Å². The fourth-order valence-electron chi connectivity index (χ4n) is 3.62. The molecular weight excluding hydrogens is 362 g/mol. The highest BCUT2D eigenvalue weighted by molar-refractivity contribution is 5.95. The lowest BCUT2D eigenvalue weighted by molar-refractivity contribution is 0.0705. The smallest absolute Gasteiger partial charge is 0.254 e. The first-order chi connectivity index (χ1) is 13.6. The molecule has 0 unspecified atom stereocenters. The number of benzene rings is 1. The molecule has 2 heterocycles. The lowest BCUT2D eigenvalue weighted by Crippen LogP contribution is -2.38. The quantitative estimate of drug-likeness (QED) is 0.753. The average Bonchev–Trinajstić information content (AvgIpc) is 3.48. The van der Waals surface area contributed by atoms with Gasteiger partial charge >= 0.3 is 0 Å². The number of carbonyl (C=O) groups excluding carboxylic acids is 1. The van der Waals surface area contributed by atoms with Crippen molar-refractivity contribution in [3.05, 3.63) is 29.5 Å². The minimum Gasteiger partial charge on any atom is -0.493 e. The fraction of sp³-hybridized carbons (Fsp3) is 0.550. The summed E-state index contributed by atoms with van der Waals surface area (Å²) in [5.41, 5.74) is 0.516. The number of nitrogens with zero attached hydrogens (tertiary/aromatic N) is 3. The summed E-state index contributed by atoms with van der Waals surface area (Å²) in [5.74, 6) is 3.52. The van der Waals surface area contributed by atoms with Gasteiger partial charge in [0.25, 0.3) is 5.91 Å². The summed E-state index contributed by atoms with van der Waals surface area (Å²) >= 11 is 0. The number of piperidine rings is 1. The van der Waals surface area contributed by atoms with Gasteiger partial charge in [-0.2, -0.15) is 0 Å². The van der Waals surface area contributed by atoms with Crippen LogP contribution in [0.25, 0.3) is 0 Å². The van der Waals surface area contributed by atoms with Crippen molar-refractivity contribution in [1.29, 1.82) is 0 Å². The highest BCUT2D eigenvalue weighted by atomic mass is 16.5. The molecule has 0 bridgehead atoms. The highest BCUT2D eigenvalue weighted by Gasteiger charge is 2.32. The second-order valence-electron chi connectivity index (χ2n) is 7.23. The molecule has 2 aliphatic rings. The number of methoxy groups -OCH3 is 3. The Morgan fingerprint density at radius 2 is 1.46 bits per heavy atom. The summed E-state index contributed by atoms with van der Waals surface area (Å²) in [6.07, 6.45) is 3.90. The standard InChI is InChI=1S/C20H25N3O5/c1-25-15-10-14(11-16(26-2)17(15)27-3)20(24)23-8-6-13(7-9-23)19-22-21-18(28-19)12-4-5-12/h10-13H,4-9H2,1-3H3. The number of ether oxygens (including phenoxy) is 3. The molecule has 1 saturated heterocycles. The second kappa shape index (κ2) is 7.69. The van der Waals surface area contributed by atoms with E-state index in [0.717, 1.165) is 31.6 Å². The normalized spacial score (nSPS) is 17.5. The zero-order valence-corrected chi connectivity index (χ0v) is 16.4. The van der Waals surface area contributed by atoms with Crippen molar-refractivity contribution in [2.24, 2.45) is 0 Å². The Kier molecular flexibility index (Phi) is 5.11. The van der Waals surface area contributed by atoms with E-state index in [-0.39, 0.29) is 11.8 Å². The maximum atomic E-state index is 13.0. The van der Waals surface area contributed by atoms with Crippen molar-refractivity contribution in [2.75, 3.05) is 34.4 Å². The van der Waals surface area contributed by atoms with Gasteiger partial charge in [-0.25, -0.2) is 0 Å². The van der Waals surface area contributed by atoms with Crippen molar-refractivity contribution in [2.45, 2.75) is 37.5 Å². The molecule has 1 saturated carbocycles. The largest absolute Gasteiger partial charge is 0.493 e. The number of likely N-dealkylation sites (tertiary alicyclic amines) is 1. The summed E-state index contributed by atoms with van der Waals surface area (Å²) in [6, 6.07) is 3.38. The minimum absolute atomic E-state index is 0.0538. The molecule has 0 radical (unpaired) electrons. The molecule has 0 atom stereocenters. The molecule has 28 heavy (non-hydrogen) atoms. The third-order valence-corrected chi connectivity index (χ3v) is 5.43. The van der Waals surface area contributed by atoms with Gasteiger partial charge in [0.1, 0.15) is 0 Å². The van der Waals surface area contributed by atoms with Crippen molar-refractivity contribution < 1.29 is 23.4 Å². The van der Waals surface area contributed by atoms with Crippen LogP contribution in [0.5, 0.6) is 17.2 Å². The summed E-state index contributed by atoms with van der Waals surface area (Å²) in [5, 5.41) is 8.40. The molecular formula is C20H25N3O5. The van der Waals surface area contributed by atoms with Crippen molar-refractivity contribution in [3.8, 4) is 17.2 Å². The van der Waals surface area contributed by atoms with E-state index in [1.54, 1.807) is 19.2 Å². The van der Waals surface area contributed by atoms with Gasteiger partial charge in [0, 0.05) is 30.5 Å². The minimum atomic E-state index is -0.0538. The Bertz CT molecular complexity index is 828. The van der Waals surface area contributed by atoms with Crippen LogP contribution in [0.2, 0.25) is 0 Å². The summed E-state index contributed by atoms with van der Waals surface area (Å²) in [4.78, 5) is 14.8. The van der Waals surface area contributed by atoms with Crippen LogP contribution in [0.3, 0.4) is 0 Å². The van der Waals surface area contributed by atoms with Gasteiger partial charge in [0.05, 0.1) is 21.3 Å². The molecule has 8 nitrogen and oxygen atoms in total. The van der Waals surface area contributed by atoms with E-state index < -0.39 is 0 Å². The van der Waals surface area contributed by atoms with E-state index in [1.165, 1.54) is 14.2 Å². The van der Waals surface area contributed by atoms with Crippen molar-refractivity contribution in [1.82, 2.24) is 15.1 Å². The third-order valence-electron chi connectivity index (χ3n) is 5.43. The van der Waals surface area contributed by atoms with E-state index in [9.17, 15) is 4.79 Å². The maximum Gasteiger partial charge on any atom is 0.254 e. The SMILES string of the molecule is COc1cc(C(=O)N2CCC(c3nnc(C4CC4)o3)CC2)cc(OC)c1OC. The molecule has 8 heteroatoms. The maximum absolute atomic E-state index is 13.0. The average molecular weight is 387 g/mol. The first-order valence-corrected chi connectivity index (χ1v) is 9.57. The van der Waals surface area contributed by atoms with Gasteiger partial charge < -0.3 is 23.5 Å². The van der Waals surface area contributed by atoms with Crippen LogP contribution >= 0.6 is 0 Å². The highest BCUT2D eigenvalue weighted by Crippen LogP contribution is 2.41. The second-order valence-corrected chi connectivity index (χ2v) is 7.23. The molecule has 4 rings (SSSR count). The van der Waals surface area contributed by atoms with Gasteiger partial charge in [0.15, 0.2) is 11.5 Å². The molecule has 0 spiro atoms. The van der Waals surface area contributed by atoms with Crippen LogP contribution in [-0.4, -0.2) is 55.4 Å². The first-order valence-electron chi connectivity index (χ1n) is 9.57. The number of aromatic nitrogens is 2. The van der Waals surface area contributed by atoms with Gasteiger partial charge in [-0.15, -0.1) is 10.2 Å². The van der Waals surface area contributed by atoms with Crippen LogP contribution < -0.4 is 14.2 Å². The predicted molar refractivity (Wildman–Crippen MR) is 100 cm³/mol. The third kappa shape index (κ3) is 3.50. The zero-order chi connectivity index (χ0) is 19.7. The van der Waals surface area contributed by atoms with Crippen LogP contribution in [0.15, 0.2) is 16.5 Å². The molecule has 1 amide bonds. The van der Waals surface area contributed by atoms with E-state index in [4.69, 9.17) is 18.6 Å². The molecule has 2 aromatic rings. The molecule has 1 aromatic carbocycles. The van der Waals surface area contributed by atoms with Gasteiger partial charge in [-0.1, -0.05) is 0 Å². The lowest BCUT2D eigenvalue weighted by atomic mass is 9.96. The van der Waals surface area contributed by atoms with Crippen LogP contribution in [0.1, 0.15) is 59.7 Å². The fourth-order valence-corrected chi connectivity index (χ4v) is 3.62. The number of rotatable bonds is 6. The van der Waals surface area contributed by atoms with Crippen molar-refractivity contribution >= 4 is 5.91 Å². The van der Waals surface area contributed by atoms with Gasteiger partial charge in [0.2, 0.25) is 17.5 Å². The Morgan fingerprint density at radius 1 is 0.929 bits per heavy atom. The molecule has 1 aliphatic heterocycles. The Labute approximate surface area is 163 Å². The van der Waals surface area contributed by atoms with Crippen LogP contribution in [-0.2, 0) is 0 Å². The summed E-state index contributed by atoms with van der Waals surface area (Å²) in [6.45, 7) is 1.28. The lowest BCUT2D eigenvalue weighted by Gasteiger charge is -2.30. The van der Waals surface area contributed by atoms with E-state index in [2.05, 4.69) is 10.2 Å². The van der Waals surface area contributed by atoms with Crippen LogP contribution in [0.4, 0.5) is 0 Å². The summed E-state index contributed by atoms with van der Waals surface area (Å²) < 4.78 is 21.9. The molecule has 2 fully saturated rings.